The van der Waals surface area contributed by atoms with Crippen LogP contribution in [-0.4, -0.2) is 46.0 Å². The van der Waals surface area contributed by atoms with Crippen molar-refractivity contribution in [3.05, 3.63) is 40.5 Å². The minimum absolute atomic E-state index is 0.119. The highest BCUT2D eigenvalue weighted by Gasteiger charge is 2.26. The maximum atomic E-state index is 12.6. The first-order valence-corrected chi connectivity index (χ1v) is 8.08. The van der Waals surface area contributed by atoms with E-state index in [0.29, 0.717) is 17.4 Å². The zero-order chi connectivity index (χ0) is 16.2. The van der Waals surface area contributed by atoms with Crippen molar-refractivity contribution < 1.29 is 9.53 Å². The summed E-state index contributed by atoms with van der Waals surface area (Å²) in [7, 11) is 1.52. The fourth-order valence-corrected chi connectivity index (χ4v) is 2.97. The fourth-order valence-electron chi connectivity index (χ4n) is 2.78. The number of methoxy groups -OCH3 is 1. The second-order valence-electron chi connectivity index (χ2n) is 5.55. The minimum atomic E-state index is -0.119. The van der Waals surface area contributed by atoms with Crippen LogP contribution < -0.4 is 4.74 Å². The van der Waals surface area contributed by atoms with Crippen LogP contribution in [0.4, 0.5) is 0 Å². The summed E-state index contributed by atoms with van der Waals surface area (Å²) in [5.41, 5.74) is 1.16. The van der Waals surface area contributed by atoms with Crippen LogP contribution in [0.15, 0.2) is 24.3 Å². The van der Waals surface area contributed by atoms with Crippen molar-refractivity contribution in [1.82, 2.24) is 19.9 Å². The molecule has 2 aromatic rings. The van der Waals surface area contributed by atoms with Crippen LogP contribution in [0.1, 0.15) is 35.3 Å². The Morgan fingerprint density at radius 1 is 1.26 bits per heavy atom. The molecule has 122 valence electrons. The van der Waals surface area contributed by atoms with Crippen molar-refractivity contribution >= 4 is 17.5 Å². The van der Waals surface area contributed by atoms with Gasteiger partial charge in [0, 0.05) is 18.1 Å². The summed E-state index contributed by atoms with van der Waals surface area (Å²) in [6, 6.07) is 7.51. The van der Waals surface area contributed by atoms with E-state index < -0.39 is 0 Å². The lowest BCUT2D eigenvalue weighted by molar-refractivity contribution is 0.0714. The van der Waals surface area contributed by atoms with Crippen LogP contribution in [0.2, 0.25) is 5.02 Å². The molecule has 1 aromatic heterocycles. The average Bonchev–Trinajstić information content (AvgIpc) is 2.99. The molecule has 23 heavy (non-hydrogen) atoms. The third-order valence-corrected chi connectivity index (χ3v) is 4.38. The first-order valence-electron chi connectivity index (χ1n) is 7.71. The average molecular weight is 335 g/mol. The number of aromatic nitrogens is 3. The summed E-state index contributed by atoms with van der Waals surface area (Å²) in [6.07, 6.45) is 3.23. The molecule has 1 amide bonds. The molecule has 1 saturated heterocycles. The largest absolute Gasteiger partial charge is 0.479 e. The van der Waals surface area contributed by atoms with Crippen molar-refractivity contribution in [3.63, 3.8) is 0 Å². The predicted octanol–water partition coefficient (Wildman–Crippen LogP) is 2.61. The zero-order valence-electron chi connectivity index (χ0n) is 13.0. The van der Waals surface area contributed by atoms with Gasteiger partial charge in [0.05, 0.1) is 13.7 Å². The smallest absolute Gasteiger partial charge is 0.280 e. The van der Waals surface area contributed by atoms with Crippen LogP contribution in [-0.2, 0) is 6.54 Å². The van der Waals surface area contributed by atoms with Crippen LogP contribution in [0.3, 0.4) is 0 Å². The van der Waals surface area contributed by atoms with Crippen molar-refractivity contribution in [3.8, 4) is 5.88 Å². The van der Waals surface area contributed by atoms with E-state index in [4.69, 9.17) is 16.3 Å². The Kier molecular flexibility index (Phi) is 4.81. The first kappa shape index (κ1) is 15.8. The molecule has 1 aromatic carbocycles. The Hall–Kier alpha value is -2.08. The summed E-state index contributed by atoms with van der Waals surface area (Å²) in [5.74, 6) is 0.257. The van der Waals surface area contributed by atoms with Gasteiger partial charge in [0.25, 0.3) is 5.91 Å². The monoisotopic (exact) mass is 334 g/mol. The number of carbonyl (C=O) groups is 1. The number of piperidine rings is 1. The van der Waals surface area contributed by atoms with Gasteiger partial charge >= 0.3 is 0 Å². The van der Waals surface area contributed by atoms with E-state index in [1.54, 1.807) is 4.68 Å². The first-order chi connectivity index (χ1) is 11.2. The van der Waals surface area contributed by atoms with Gasteiger partial charge in [-0.1, -0.05) is 35.0 Å². The molecule has 0 spiro atoms. The van der Waals surface area contributed by atoms with Gasteiger partial charge in [-0.05, 0) is 30.9 Å². The highest BCUT2D eigenvalue weighted by Crippen LogP contribution is 2.23. The van der Waals surface area contributed by atoms with Gasteiger partial charge in [-0.15, -0.1) is 5.10 Å². The highest BCUT2D eigenvalue weighted by atomic mass is 35.5. The number of ether oxygens (including phenoxy) is 1. The lowest BCUT2D eigenvalue weighted by Gasteiger charge is -2.25. The molecule has 1 fully saturated rings. The number of amides is 1. The molecular weight excluding hydrogens is 316 g/mol. The number of halogens is 1. The number of rotatable bonds is 4. The SMILES string of the molecule is COc1c(C(=O)N2CCCCC2)nnn1Cc1ccccc1Cl. The standard InChI is InChI=1S/C16H19ClN4O2/c1-23-16-14(15(22)20-9-5-2-6-10-20)18-19-21(16)11-12-7-3-4-8-13(12)17/h3-4,7-8H,2,5-6,9-11H2,1H3. The number of hydrogen-bond acceptors (Lipinski definition) is 4. The Morgan fingerprint density at radius 2 is 2.00 bits per heavy atom. The lowest BCUT2D eigenvalue weighted by atomic mass is 10.1. The Labute approximate surface area is 140 Å². The normalized spacial score (nSPS) is 14.8. The Balaban J connectivity index is 1.84. The van der Waals surface area contributed by atoms with E-state index in [9.17, 15) is 4.79 Å². The second-order valence-corrected chi connectivity index (χ2v) is 5.96. The van der Waals surface area contributed by atoms with Gasteiger partial charge in [0.1, 0.15) is 0 Å². The van der Waals surface area contributed by atoms with Crippen molar-refractivity contribution in [2.24, 2.45) is 0 Å². The molecular formula is C16H19ClN4O2. The molecule has 0 saturated carbocycles. The number of likely N-dealkylation sites (tertiary alicyclic amines) is 1. The molecule has 6 nitrogen and oxygen atoms in total. The summed E-state index contributed by atoms with van der Waals surface area (Å²) in [6.45, 7) is 1.93. The molecule has 0 N–H and O–H groups in total. The zero-order valence-corrected chi connectivity index (χ0v) is 13.8. The van der Waals surface area contributed by atoms with E-state index in [2.05, 4.69) is 10.3 Å². The molecule has 0 radical (unpaired) electrons. The van der Waals surface area contributed by atoms with Crippen LogP contribution >= 0.6 is 11.6 Å². The molecule has 2 heterocycles. The van der Waals surface area contributed by atoms with Crippen molar-refractivity contribution in [1.29, 1.82) is 0 Å². The van der Waals surface area contributed by atoms with Gasteiger partial charge in [-0.25, -0.2) is 4.68 Å². The maximum absolute atomic E-state index is 12.6. The van der Waals surface area contributed by atoms with E-state index in [-0.39, 0.29) is 11.6 Å². The summed E-state index contributed by atoms with van der Waals surface area (Å²) in [4.78, 5) is 14.4. The molecule has 7 heteroatoms. The summed E-state index contributed by atoms with van der Waals surface area (Å²) >= 11 is 6.18. The summed E-state index contributed by atoms with van der Waals surface area (Å²) in [5, 5.41) is 8.76. The number of hydrogen-bond donors (Lipinski definition) is 0. The van der Waals surface area contributed by atoms with Gasteiger partial charge in [0.15, 0.2) is 0 Å². The molecule has 0 aliphatic carbocycles. The second kappa shape index (κ2) is 7.00. The minimum Gasteiger partial charge on any atom is -0.479 e. The molecule has 0 unspecified atom stereocenters. The number of benzene rings is 1. The van der Waals surface area contributed by atoms with E-state index in [0.717, 1.165) is 31.5 Å². The van der Waals surface area contributed by atoms with Crippen LogP contribution in [0.25, 0.3) is 0 Å². The van der Waals surface area contributed by atoms with Crippen LogP contribution in [0.5, 0.6) is 5.88 Å². The van der Waals surface area contributed by atoms with E-state index in [1.807, 2.05) is 29.2 Å². The van der Waals surface area contributed by atoms with Gasteiger partial charge in [0.2, 0.25) is 11.6 Å². The predicted molar refractivity (Wildman–Crippen MR) is 86.9 cm³/mol. The molecule has 0 atom stereocenters. The quantitative estimate of drug-likeness (QED) is 0.862. The van der Waals surface area contributed by atoms with Gasteiger partial charge in [-0.2, -0.15) is 0 Å². The van der Waals surface area contributed by atoms with Crippen LogP contribution in [0, 0.1) is 0 Å². The molecule has 3 rings (SSSR count). The topological polar surface area (TPSA) is 60.2 Å². The van der Waals surface area contributed by atoms with E-state index in [1.165, 1.54) is 13.5 Å². The third kappa shape index (κ3) is 3.32. The Morgan fingerprint density at radius 3 is 2.70 bits per heavy atom. The van der Waals surface area contributed by atoms with Crippen molar-refractivity contribution in [2.45, 2.75) is 25.8 Å². The Bertz CT molecular complexity index is 695. The molecule has 1 aliphatic heterocycles. The van der Waals surface area contributed by atoms with Crippen molar-refractivity contribution in [2.75, 3.05) is 20.2 Å². The molecule has 1 aliphatic rings. The van der Waals surface area contributed by atoms with E-state index >= 15 is 0 Å². The maximum Gasteiger partial charge on any atom is 0.280 e. The summed E-state index contributed by atoms with van der Waals surface area (Å²) < 4.78 is 6.96. The third-order valence-electron chi connectivity index (χ3n) is 4.01. The number of nitrogens with zero attached hydrogens (tertiary/aromatic N) is 4. The highest BCUT2D eigenvalue weighted by molar-refractivity contribution is 6.31. The lowest BCUT2D eigenvalue weighted by Crippen LogP contribution is -2.36. The fraction of sp³-hybridized carbons (Fsp3) is 0.438. The number of carbonyl (C=O) groups excluding carboxylic acids is 1. The van der Waals surface area contributed by atoms with Gasteiger partial charge < -0.3 is 9.64 Å². The van der Waals surface area contributed by atoms with Gasteiger partial charge in [-0.3, -0.25) is 4.79 Å². The molecule has 0 bridgehead atoms.